The highest BCUT2D eigenvalue weighted by atomic mass is 35.5. The molecule has 3 fully saturated rings. The zero-order valence-electron chi connectivity index (χ0n) is 37.8. The average Bonchev–Trinajstić information content (AvgIpc) is 4.18. The zero-order chi connectivity index (χ0) is 46.1. The Kier molecular flexibility index (Phi) is 18.2. The third-order valence-corrected chi connectivity index (χ3v) is 13.5. The third-order valence-electron chi connectivity index (χ3n) is 12.4. The van der Waals surface area contributed by atoms with Crippen LogP contribution in [0.15, 0.2) is 114 Å². The van der Waals surface area contributed by atoms with Crippen LogP contribution in [0.3, 0.4) is 0 Å². The number of hydrogen-bond donors (Lipinski definition) is 2. The molecule has 10 rings (SSSR count). The number of nitrogens with two attached hydrogens (primary N) is 1. The van der Waals surface area contributed by atoms with E-state index in [9.17, 15) is 20.2 Å². The van der Waals surface area contributed by atoms with Crippen LogP contribution in [0.4, 0.5) is 17.1 Å². The van der Waals surface area contributed by atoms with Gasteiger partial charge in [0.25, 0.3) is 11.4 Å². The Labute approximate surface area is 395 Å². The standard InChI is InChI=1S/C20H24N4S.C15H19N3O2.C11H11ClN2O2.C4H9N/c21-20(19-5-3-14-25-19)22-17-7-6-16-8-13-24(18(16)15-17)12-4-11-23-9-1-2-10-23;19-18(20)14-5-4-13-6-11-17(15(13)12-14)10-3-9-16-7-1-2-8-16;12-5-1-6-13-7-4-9-2-3-10(14(15)16)8-11(9)13;1-2-4-5-3-1/h3,5-8,13-15H,1-2,4,9-12H2,(H2,21,22);4-6,11-12H,1-3,7-10H2;2-4,7-8H,1,5-6H2;5H,1-4H2. The molecule has 0 spiro atoms. The van der Waals surface area contributed by atoms with E-state index in [1.54, 1.807) is 35.6 Å². The monoisotopic (exact) mass is 934 g/mol. The molecule has 3 N–H and O–H groups in total. The summed E-state index contributed by atoms with van der Waals surface area (Å²) >= 11 is 7.25. The summed E-state index contributed by atoms with van der Waals surface area (Å²) < 4.78 is 6.45. The molecule has 0 atom stereocenters. The second-order valence-corrected chi connectivity index (χ2v) is 18.4. The quantitative estimate of drug-likeness (QED) is 0.0338. The number of rotatable bonds is 15. The molecule has 0 radical (unpaired) electrons. The number of benzene rings is 3. The molecule has 7 heterocycles. The highest BCUT2D eigenvalue weighted by Crippen LogP contribution is 2.26. The molecular formula is C50H63ClN10O4S. The number of non-ortho nitro benzene ring substituents is 2. The molecule has 0 saturated carbocycles. The number of nitrogens with zero attached hydrogens (tertiary/aromatic N) is 8. The molecule has 350 valence electrons. The summed E-state index contributed by atoms with van der Waals surface area (Å²) in [6.45, 7) is 12.6. The van der Waals surface area contributed by atoms with E-state index in [4.69, 9.17) is 17.3 Å². The van der Waals surface area contributed by atoms with Crippen LogP contribution in [-0.4, -0.2) is 97.4 Å². The Morgan fingerprint density at radius 1 is 0.621 bits per heavy atom. The lowest BCUT2D eigenvalue weighted by Crippen LogP contribution is -2.21. The Morgan fingerprint density at radius 2 is 1.09 bits per heavy atom. The maximum Gasteiger partial charge on any atom is 0.271 e. The van der Waals surface area contributed by atoms with Crippen LogP contribution in [0.2, 0.25) is 0 Å². The number of aromatic nitrogens is 3. The van der Waals surface area contributed by atoms with E-state index in [0.29, 0.717) is 11.7 Å². The number of amidine groups is 1. The number of nitro groups is 2. The number of nitro benzene ring substituents is 2. The van der Waals surface area contributed by atoms with Crippen LogP contribution < -0.4 is 11.1 Å². The predicted molar refractivity (Wildman–Crippen MR) is 272 cm³/mol. The first-order chi connectivity index (χ1) is 32.2. The Hall–Kier alpha value is -5.58. The smallest absolute Gasteiger partial charge is 0.271 e. The van der Waals surface area contributed by atoms with Crippen LogP contribution in [0, 0.1) is 20.2 Å². The van der Waals surface area contributed by atoms with Gasteiger partial charge < -0.3 is 34.6 Å². The van der Waals surface area contributed by atoms with Crippen molar-refractivity contribution in [2.75, 3.05) is 58.2 Å². The number of alkyl halides is 1. The minimum absolute atomic E-state index is 0.123. The lowest BCUT2D eigenvalue weighted by atomic mass is 10.2. The van der Waals surface area contributed by atoms with Crippen molar-refractivity contribution in [2.45, 2.75) is 77.4 Å². The van der Waals surface area contributed by atoms with Gasteiger partial charge in [-0.2, -0.15) is 0 Å². The summed E-state index contributed by atoms with van der Waals surface area (Å²) in [5.74, 6) is 1.18. The first-order valence-electron chi connectivity index (χ1n) is 23.4. The number of nitrogens with one attached hydrogen (secondary N) is 1. The maximum absolute atomic E-state index is 10.9. The number of likely N-dealkylation sites (tertiary alicyclic amines) is 2. The molecule has 4 aromatic heterocycles. The van der Waals surface area contributed by atoms with E-state index < -0.39 is 0 Å². The molecule has 0 unspecified atom stereocenters. The van der Waals surface area contributed by atoms with E-state index in [2.05, 4.69) is 53.6 Å². The first kappa shape index (κ1) is 48.4. The second-order valence-electron chi connectivity index (χ2n) is 17.0. The fourth-order valence-electron chi connectivity index (χ4n) is 8.81. The number of aryl methyl sites for hydroxylation is 3. The van der Waals surface area contributed by atoms with E-state index in [1.807, 2.05) is 58.7 Å². The van der Waals surface area contributed by atoms with Crippen molar-refractivity contribution in [3.63, 3.8) is 0 Å². The van der Waals surface area contributed by atoms with Crippen molar-refractivity contribution in [3.8, 4) is 0 Å². The zero-order valence-corrected chi connectivity index (χ0v) is 39.4. The van der Waals surface area contributed by atoms with E-state index in [-0.39, 0.29) is 21.2 Å². The molecule has 16 heteroatoms. The summed E-state index contributed by atoms with van der Waals surface area (Å²) in [4.78, 5) is 31.5. The van der Waals surface area contributed by atoms with Gasteiger partial charge in [0, 0.05) is 79.1 Å². The fraction of sp³-hybridized carbons (Fsp3) is 0.420. The number of fused-ring (bicyclic) bond motifs is 3. The van der Waals surface area contributed by atoms with E-state index >= 15 is 0 Å². The molecule has 7 aromatic rings. The van der Waals surface area contributed by atoms with Crippen LogP contribution in [0.5, 0.6) is 0 Å². The van der Waals surface area contributed by atoms with Gasteiger partial charge in [0.15, 0.2) is 0 Å². The molecule has 0 bridgehead atoms. The minimum atomic E-state index is -0.377. The molecule has 66 heavy (non-hydrogen) atoms. The molecule has 3 aliphatic heterocycles. The van der Waals surface area contributed by atoms with Crippen molar-refractivity contribution in [1.82, 2.24) is 28.8 Å². The van der Waals surface area contributed by atoms with Crippen molar-refractivity contribution >= 4 is 78.5 Å². The van der Waals surface area contributed by atoms with Crippen molar-refractivity contribution in [1.29, 1.82) is 0 Å². The van der Waals surface area contributed by atoms with Gasteiger partial charge in [-0.1, -0.05) is 12.1 Å². The van der Waals surface area contributed by atoms with Crippen LogP contribution in [0.1, 0.15) is 62.7 Å². The van der Waals surface area contributed by atoms with Crippen molar-refractivity contribution in [3.05, 3.63) is 134 Å². The van der Waals surface area contributed by atoms with Gasteiger partial charge in [-0.15, -0.1) is 22.9 Å². The maximum atomic E-state index is 10.9. The SMILES string of the molecule is C1CCNC1.NC(=Nc1ccc2ccn(CCCN3CCCC3)c2c1)c1cccs1.O=[N+]([O-])c1ccc2ccn(CCCCl)c2c1.O=[N+]([O-])c1ccc2ccn(CCCN3CCCC3)c2c1. The highest BCUT2D eigenvalue weighted by molar-refractivity contribution is 7.12. The van der Waals surface area contributed by atoms with Gasteiger partial charge in [0.05, 0.1) is 37.0 Å². The van der Waals surface area contributed by atoms with Gasteiger partial charge in [-0.05, 0) is 169 Å². The summed E-state index contributed by atoms with van der Waals surface area (Å²) in [5, 5.41) is 30.1. The summed E-state index contributed by atoms with van der Waals surface area (Å²) in [7, 11) is 0. The number of halogens is 1. The summed E-state index contributed by atoms with van der Waals surface area (Å²) in [6, 6.07) is 26.4. The van der Waals surface area contributed by atoms with Crippen molar-refractivity contribution < 1.29 is 9.85 Å². The largest absolute Gasteiger partial charge is 0.383 e. The second kappa shape index (κ2) is 24.8. The van der Waals surface area contributed by atoms with Gasteiger partial charge in [0.2, 0.25) is 0 Å². The Balaban J connectivity index is 0.000000142. The topological polar surface area (TPSA) is 158 Å². The van der Waals surface area contributed by atoms with Gasteiger partial charge in [0.1, 0.15) is 5.84 Å². The summed E-state index contributed by atoms with van der Waals surface area (Å²) in [6.07, 6.45) is 17.4. The normalized spacial score (nSPS) is 15.4. The fourth-order valence-corrected chi connectivity index (χ4v) is 9.56. The molecule has 14 nitrogen and oxygen atoms in total. The minimum Gasteiger partial charge on any atom is -0.383 e. The van der Waals surface area contributed by atoms with Crippen molar-refractivity contribution in [2.24, 2.45) is 10.7 Å². The number of thiophene rings is 1. The van der Waals surface area contributed by atoms with Crippen LogP contribution in [-0.2, 0) is 19.6 Å². The lowest BCUT2D eigenvalue weighted by molar-refractivity contribution is -0.384. The lowest BCUT2D eigenvalue weighted by Gasteiger charge is -2.14. The molecule has 3 aliphatic rings. The van der Waals surface area contributed by atoms with E-state index in [0.717, 1.165) is 71.4 Å². The highest BCUT2D eigenvalue weighted by Gasteiger charge is 2.14. The van der Waals surface area contributed by atoms with E-state index in [1.165, 1.54) is 108 Å². The molecule has 3 aromatic carbocycles. The number of hydrogen-bond acceptors (Lipinski definition) is 9. The average molecular weight is 936 g/mol. The van der Waals surface area contributed by atoms with Gasteiger partial charge in [-0.25, -0.2) is 4.99 Å². The van der Waals surface area contributed by atoms with Crippen LogP contribution in [0.25, 0.3) is 32.7 Å². The van der Waals surface area contributed by atoms with Gasteiger partial charge in [-0.3, -0.25) is 20.2 Å². The molecular weight excluding hydrogens is 872 g/mol. The Morgan fingerprint density at radius 3 is 1.52 bits per heavy atom. The Bertz CT molecular complexity index is 2630. The third kappa shape index (κ3) is 13.7. The number of aliphatic imine (C=N–C) groups is 1. The molecule has 3 saturated heterocycles. The summed E-state index contributed by atoms with van der Waals surface area (Å²) in [5.41, 5.74) is 10.4. The predicted octanol–water partition coefficient (Wildman–Crippen LogP) is 10.8. The molecule has 0 aliphatic carbocycles. The van der Waals surface area contributed by atoms with Gasteiger partial charge >= 0.3 is 0 Å². The molecule has 0 amide bonds. The first-order valence-corrected chi connectivity index (χ1v) is 24.8. The van der Waals surface area contributed by atoms with Crippen LogP contribution >= 0.6 is 22.9 Å².